The standard InChI is InChI=1S/C28H33N5O/c1-17-15-20(33-25-12-14-31-28-23(25)8-10-26(28)29-3)7-9-24(17)30-13-11-19-16-32-27-21(18(2)34)5-4-6-22(19)27/h4-7,9,12,14-16,18,26,29-30,32,34H,8,10-11,13H2,1-3H3,(H,31,33). The van der Waals surface area contributed by atoms with Crippen LogP contribution in [0.3, 0.4) is 0 Å². The van der Waals surface area contributed by atoms with Crippen LogP contribution in [0.25, 0.3) is 10.9 Å². The molecule has 6 nitrogen and oxygen atoms in total. The summed E-state index contributed by atoms with van der Waals surface area (Å²) in [7, 11) is 2.00. The summed E-state index contributed by atoms with van der Waals surface area (Å²) in [6.07, 6.45) is 6.51. The number of aromatic amines is 1. The van der Waals surface area contributed by atoms with Gasteiger partial charge in [0.1, 0.15) is 0 Å². The molecule has 2 heterocycles. The fourth-order valence-corrected chi connectivity index (χ4v) is 5.11. The number of pyridine rings is 1. The van der Waals surface area contributed by atoms with Gasteiger partial charge in [0.05, 0.1) is 17.3 Å². The molecule has 4 aromatic rings. The Labute approximate surface area is 200 Å². The number of hydrogen-bond acceptors (Lipinski definition) is 5. The first-order valence-electron chi connectivity index (χ1n) is 12.1. The zero-order chi connectivity index (χ0) is 23.7. The van der Waals surface area contributed by atoms with E-state index in [9.17, 15) is 5.11 Å². The summed E-state index contributed by atoms with van der Waals surface area (Å²) in [6.45, 7) is 4.78. The minimum Gasteiger partial charge on any atom is -0.389 e. The topological polar surface area (TPSA) is 85.0 Å². The molecule has 34 heavy (non-hydrogen) atoms. The van der Waals surface area contributed by atoms with Gasteiger partial charge >= 0.3 is 0 Å². The molecule has 0 saturated carbocycles. The molecule has 2 aromatic carbocycles. The van der Waals surface area contributed by atoms with Crippen molar-refractivity contribution in [2.45, 2.75) is 45.3 Å². The van der Waals surface area contributed by atoms with Crippen LogP contribution < -0.4 is 16.0 Å². The molecule has 2 aromatic heterocycles. The van der Waals surface area contributed by atoms with Crippen molar-refractivity contribution in [3.05, 3.63) is 82.8 Å². The number of benzene rings is 2. The molecular weight excluding hydrogens is 422 g/mol. The molecule has 2 unspecified atom stereocenters. The summed E-state index contributed by atoms with van der Waals surface area (Å²) < 4.78 is 0. The van der Waals surface area contributed by atoms with Gasteiger partial charge in [0, 0.05) is 53.0 Å². The highest BCUT2D eigenvalue weighted by atomic mass is 16.3. The predicted octanol–water partition coefficient (Wildman–Crippen LogP) is 5.53. The predicted molar refractivity (Wildman–Crippen MR) is 140 cm³/mol. The minimum atomic E-state index is -0.485. The van der Waals surface area contributed by atoms with E-state index in [0.29, 0.717) is 6.04 Å². The summed E-state index contributed by atoms with van der Waals surface area (Å²) in [5.41, 5.74) is 10.3. The molecule has 2 atom stereocenters. The van der Waals surface area contributed by atoms with Crippen LogP contribution in [0.1, 0.15) is 53.4 Å². The molecular formula is C28H33N5O. The summed E-state index contributed by atoms with van der Waals surface area (Å²) in [6, 6.07) is 15.0. The van der Waals surface area contributed by atoms with Crippen molar-refractivity contribution in [1.82, 2.24) is 15.3 Å². The number of hydrogen-bond donors (Lipinski definition) is 5. The summed E-state index contributed by atoms with van der Waals surface area (Å²) in [5, 5.41) is 21.8. The second-order valence-electron chi connectivity index (χ2n) is 9.19. The van der Waals surface area contributed by atoms with Crippen molar-refractivity contribution in [3.63, 3.8) is 0 Å². The lowest BCUT2D eigenvalue weighted by molar-refractivity contribution is 0.200. The Kier molecular flexibility index (Phi) is 6.26. The molecule has 0 fully saturated rings. The molecule has 5 N–H and O–H groups in total. The molecule has 0 amide bonds. The fourth-order valence-electron chi connectivity index (χ4n) is 5.11. The lowest BCUT2D eigenvalue weighted by Gasteiger charge is -2.15. The largest absolute Gasteiger partial charge is 0.389 e. The third-order valence-electron chi connectivity index (χ3n) is 6.95. The van der Waals surface area contributed by atoms with Gasteiger partial charge in [0.15, 0.2) is 0 Å². The molecule has 176 valence electrons. The molecule has 1 aliphatic carbocycles. The minimum absolute atomic E-state index is 0.348. The zero-order valence-electron chi connectivity index (χ0n) is 20.1. The van der Waals surface area contributed by atoms with E-state index in [1.54, 1.807) is 6.92 Å². The summed E-state index contributed by atoms with van der Waals surface area (Å²) in [4.78, 5) is 7.95. The maximum absolute atomic E-state index is 10.0. The molecule has 0 radical (unpaired) electrons. The number of nitrogens with one attached hydrogen (secondary N) is 4. The molecule has 6 heteroatoms. The molecule has 0 bridgehead atoms. The van der Waals surface area contributed by atoms with Crippen LogP contribution >= 0.6 is 0 Å². The fraction of sp³-hybridized carbons (Fsp3) is 0.321. The van der Waals surface area contributed by atoms with Crippen LogP contribution in [-0.2, 0) is 12.8 Å². The van der Waals surface area contributed by atoms with E-state index in [2.05, 4.69) is 69.4 Å². The first-order chi connectivity index (χ1) is 16.5. The van der Waals surface area contributed by atoms with E-state index in [-0.39, 0.29) is 0 Å². The second kappa shape index (κ2) is 9.49. The van der Waals surface area contributed by atoms with Gasteiger partial charge in [0.2, 0.25) is 0 Å². The Bertz CT molecular complexity index is 1310. The molecule has 0 spiro atoms. The van der Waals surface area contributed by atoms with Crippen LogP contribution in [0, 0.1) is 6.92 Å². The molecule has 0 saturated heterocycles. The number of aromatic nitrogens is 2. The van der Waals surface area contributed by atoms with Gasteiger partial charge in [-0.1, -0.05) is 18.2 Å². The highest BCUT2D eigenvalue weighted by Gasteiger charge is 2.24. The van der Waals surface area contributed by atoms with Gasteiger partial charge in [-0.05, 0) is 81.1 Å². The molecule has 5 rings (SSSR count). The Morgan fingerprint density at radius 3 is 2.85 bits per heavy atom. The number of fused-ring (bicyclic) bond motifs is 2. The molecule has 1 aliphatic rings. The number of para-hydroxylation sites is 1. The number of aryl methyl sites for hydroxylation is 1. The van der Waals surface area contributed by atoms with Crippen molar-refractivity contribution in [2.24, 2.45) is 0 Å². The maximum atomic E-state index is 10.0. The van der Waals surface area contributed by atoms with Crippen LogP contribution in [0.5, 0.6) is 0 Å². The average molecular weight is 456 g/mol. The first kappa shape index (κ1) is 22.4. The van der Waals surface area contributed by atoms with Gasteiger partial charge < -0.3 is 26.0 Å². The quantitative estimate of drug-likeness (QED) is 0.241. The van der Waals surface area contributed by atoms with Crippen molar-refractivity contribution < 1.29 is 5.11 Å². The van der Waals surface area contributed by atoms with Crippen molar-refractivity contribution in [2.75, 3.05) is 24.2 Å². The summed E-state index contributed by atoms with van der Waals surface area (Å²) in [5.74, 6) is 0. The van der Waals surface area contributed by atoms with Crippen LogP contribution in [0.15, 0.2) is 54.9 Å². The van der Waals surface area contributed by atoms with E-state index in [4.69, 9.17) is 0 Å². The third kappa shape index (κ3) is 4.27. The van der Waals surface area contributed by atoms with E-state index in [1.807, 2.05) is 25.4 Å². The maximum Gasteiger partial charge on any atom is 0.0782 e. The van der Waals surface area contributed by atoms with Gasteiger partial charge in [-0.3, -0.25) is 4.98 Å². The Morgan fingerprint density at radius 2 is 2.06 bits per heavy atom. The van der Waals surface area contributed by atoms with Gasteiger partial charge in [-0.25, -0.2) is 0 Å². The second-order valence-corrected chi connectivity index (χ2v) is 9.19. The smallest absolute Gasteiger partial charge is 0.0782 e. The van der Waals surface area contributed by atoms with Crippen LogP contribution in [-0.4, -0.2) is 28.7 Å². The van der Waals surface area contributed by atoms with Gasteiger partial charge in [-0.2, -0.15) is 0 Å². The Morgan fingerprint density at radius 1 is 1.18 bits per heavy atom. The monoisotopic (exact) mass is 455 g/mol. The first-order valence-corrected chi connectivity index (χ1v) is 12.1. The molecule has 0 aliphatic heterocycles. The van der Waals surface area contributed by atoms with Crippen LogP contribution in [0.2, 0.25) is 0 Å². The van der Waals surface area contributed by atoms with Crippen molar-refractivity contribution in [1.29, 1.82) is 0 Å². The lowest BCUT2D eigenvalue weighted by atomic mass is 10.0. The lowest BCUT2D eigenvalue weighted by Crippen LogP contribution is -2.14. The van der Waals surface area contributed by atoms with Crippen molar-refractivity contribution in [3.8, 4) is 0 Å². The van der Waals surface area contributed by atoms with Crippen molar-refractivity contribution >= 4 is 28.0 Å². The average Bonchev–Trinajstić information content (AvgIpc) is 3.45. The number of nitrogens with zero attached hydrogens (tertiary/aromatic N) is 1. The Balaban J connectivity index is 1.25. The van der Waals surface area contributed by atoms with E-state index in [0.717, 1.165) is 53.9 Å². The van der Waals surface area contributed by atoms with E-state index < -0.39 is 6.10 Å². The SMILES string of the molecule is CNC1CCc2c(Nc3ccc(NCCc4c[nH]c5c(C(C)O)cccc45)c(C)c3)ccnc21. The van der Waals surface area contributed by atoms with E-state index in [1.165, 1.54) is 27.8 Å². The number of anilines is 3. The number of aliphatic hydroxyl groups excluding tert-OH is 1. The van der Waals surface area contributed by atoms with Gasteiger partial charge in [0.25, 0.3) is 0 Å². The number of H-pyrrole nitrogens is 1. The zero-order valence-corrected chi connectivity index (χ0v) is 20.1. The highest BCUT2D eigenvalue weighted by molar-refractivity contribution is 5.86. The number of rotatable bonds is 8. The van der Waals surface area contributed by atoms with Gasteiger partial charge in [-0.15, -0.1) is 0 Å². The van der Waals surface area contributed by atoms with Crippen LogP contribution in [0.4, 0.5) is 17.1 Å². The normalized spacial score (nSPS) is 15.9. The Hall–Kier alpha value is -3.35. The van der Waals surface area contributed by atoms with E-state index >= 15 is 0 Å². The summed E-state index contributed by atoms with van der Waals surface area (Å²) >= 11 is 0. The highest BCUT2D eigenvalue weighted by Crippen LogP contribution is 2.35. The third-order valence-corrected chi connectivity index (χ3v) is 6.95. The number of aliphatic hydroxyl groups is 1.